The zero-order valence-corrected chi connectivity index (χ0v) is 13.9. The van der Waals surface area contributed by atoms with Gasteiger partial charge in [-0.25, -0.2) is 4.39 Å². The molecule has 2 rings (SSSR count). The van der Waals surface area contributed by atoms with Crippen molar-refractivity contribution in [1.82, 2.24) is 0 Å². The van der Waals surface area contributed by atoms with Crippen molar-refractivity contribution in [2.45, 2.75) is 52.2 Å². The zero-order valence-electron chi connectivity index (χ0n) is 13.2. The van der Waals surface area contributed by atoms with E-state index in [1.165, 1.54) is 0 Å². The molecule has 1 saturated heterocycles. The number of halogens is 2. The lowest BCUT2D eigenvalue weighted by atomic mass is 9.82. The molecule has 1 heterocycles. The number of hydrogen-bond acceptors (Lipinski definition) is 2. The van der Waals surface area contributed by atoms with Crippen molar-refractivity contribution in [3.63, 3.8) is 0 Å². The molecule has 5 heteroatoms. The van der Waals surface area contributed by atoms with Gasteiger partial charge in [0.1, 0.15) is 5.73 Å². The third-order valence-corrected chi connectivity index (χ3v) is 4.55. The number of rotatable bonds is 3. The Balaban J connectivity index is 2.35. The van der Waals surface area contributed by atoms with Gasteiger partial charge in [0.2, 0.25) is 0 Å². The van der Waals surface area contributed by atoms with E-state index in [0.717, 1.165) is 5.56 Å². The van der Waals surface area contributed by atoms with Crippen LogP contribution in [0, 0.1) is 0 Å². The summed E-state index contributed by atoms with van der Waals surface area (Å²) in [7, 11) is -0.958. The van der Waals surface area contributed by atoms with Crippen LogP contribution in [0.25, 0.3) is 5.57 Å². The van der Waals surface area contributed by atoms with Crippen molar-refractivity contribution in [2.24, 2.45) is 0 Å². The molecule has 0 unspecified atom stereocenters. The highest BCUT2D eigenvalue weighted by Crippen LogP contribution is 2.40. The lowest BCUT2D eigenvalue weighted by Crippen LogP contribution is -2.41. The van der Waals surface area contributed by atoms with Crippen LogP contribution in [0.15, 0.2) is 30.0 Å². The van der Waals surface area contributed by atoms with E-state index in [-0.39, 0.29) is 5.73 Å². The molecule has 0 atom stereocenters. The summed E-state index contributed by atoms with van der Waals surface area (Å²) in [6, 6.07) is 7.13. The predicted octanol–water partition coefficient (Wildman–Crippen LogP) is 5.06. The third kappa shape index (κ3) is 3.18. The maximum atomic E-state index is 14.8. The number of hydrogen-bond donors (Lipinski definition) is 0. The lowest BCUT2D eigenvalue weighted by Gasteiger charge is -2.32. The van der Waals surface area contributed by atoms with Gasteiger partial charge in [-0.1, -0.05) is 30.7 Å². The second-order valence-electron chi connectivity index (χ2n) is 6.28. The standard InChI is InChI=1S/C16H21BClFO2/c1-6-13(11-7-9-12(18)10-8-11)14(19)17-20-15(2,3)16(4,5)21-17/h7-10H,6H2,1-5H3. The van der Waals surface area contributed by atoms with E-state index in [0.29, 0.717) is 17.0 Å². The molecule has 0 bridgehead atoms. The highest BCUT2D eigenvalue weighted by atomic mass is 35.5. The van der Waals surface area contributed by atoms with Gasteiger partial charge >= 0.3 is 7.12 Å². The minimum Gasteiger partial charge on any atom is -0.398 e. The molecule has 21 heavy (non-hydrogen) atoms. The first kappa shape index (κ1) is 16.5. The fraction of sp³-hybridized carbons (Fsp3) is 0.500. The van der Waals surface area contributed by atoms with E-state index >= 15 is 0 Å². The normalized spacial score (nSPS) is 21.4. The third-order valence-electron chi connectivity index (χ3n) is 4.29. The monoisotopic (exact) mass is 310 g/mol. The molecule has 0 spiro atoms. The zero-order chi connectivity index (χ0) is 15.8. The van der Waals surface area contributed by atoms with Crippen molar-refractivity contribution < 1.29 is 13.7 Å². The summed E-state index contributed by atoms with van der Waals surface area (Å²) in [5, 5.41) is 0.630. The van der Waals surface area contributed by atoms with Crippen LogP contribution in [0.3, 0.4) is 0 Å². The Labute approximate surface area is 131 Å². The second-order valence-corrected chi connectivity index (χ2v) is 6.71. The van der Waals surface area contributed by atoms with Crippen LogP contribution < -0.4 is 0 Å². The lowest BCUT2D eigenvalue weighted by molar-refractivity contribution is 0.00578. The largest absolute Gasteiger partial charge is 0.525 e. The maximum Gasteiger partial charge on any atom is 0.525 e. The first-order chi connectivity index (χ1) is 9.68. The summed E-state index contributed by atoms with van der Waals surface area (Å²) in [6.07, 6.45) is 0.553. The Morgan fingerprint density at radius 1 is 1.10 bits per heavy atom. The molecule has 1 aliphatic heterocycles. The summed E-state index contributed by atoms with van der Waals surface area (Å²) in [4.78, 5) is 0. The average Bonchev–Trinajstić information content (AvgIpc) is 2.61. The first-order valence-corrected chi connectivity index (χ1v) is 7.56. The molecular weight excluding hydrogens is 289 g/mol. The Morgan fingerprint density at radius 3 is 2.00 bits per heavy atom. The van der Waals surface area contributed by atoms with Gasteiger partial charge in [-0.05, 0) is 57.4 Å². The maximum absolute atomic E-state index is 14.8. The molecule has 0 radical (unpaired) electrons. The molecule has 1 aromatic rings. The number of benzene rings is 1. The van der Waals surface area contributed by atoms with Crippen molar-refractivity contribution in [3.8, 4) is 0 Å². The van der Waals surface area contributed by atoms with Crippen LogP contribution >= 0.6 is 11.6 Å². The van der Waals surface area contributed by atoms with Gasteiger partial charge < -0.3 is 9.31 Å². The fourth-order valence-corrected chi connectivity index (χ4v) is 2.38. The van der Waals surface area contributed by atoms with Crippen molar-refractivity contribution >= 4 is 24.3 Å². The molecule has 1 aromatic carbocycles. The van der Waals surface area contributed by atoms with Crippen LogP contribution in [-0.2, 0) is 9.31 Å². The quantitative estimate of drug-likeness (QED) is 0.726. The average molecular weight is 311 g/mol. The molecule has 1 fully saturated rings. The van der Waals surface area contributed by atoms with Gasteiger partial charge in [-0.15, -0.1) is 0 Å². The SMILES string of the molecule is CCC(=C(F)B1OC(C)(C)C(C)(C)O1)c1ccc(Cl)cc1. The van der Waals surface area contributed by atoms with Gasteiger partial charge in [0, 0.05) is 5.02 Å². The second kappa shape index (κ2) is 5.75. The summed E-state index contributed by atoms with van der Waals surface area (Å²) in [5.74, 6) is 0. The highest BCUT2D eigenvalue weighted by molar-refractivity contribution is 6.55. The molecule has 2 nitrogen and oxygen atoms in total. The van der Waals surface area contributed by atoms with Crippen LogP contribution in [-0.4, -0.2) is 18.3 Å². The Morgan fingerprint density at radius 2 is 1.57 bits per heavy atom. The topological polar surface area (TPSA) is 18.5 Å². The van der Waals surface area contributed by atoms with Crippen molar-refractivity contribution in [2.75, 3.05) is 0 Å². The van der Waals surface area contributed by atoms with E-state index in [2.05, 4.69) is 0 Å². The molecule has 1 aliphatic rings. The molecular formula is C16H21BClFO2. The van der Waals surface area contributed by atoms with Gasteiger partial charge in [0.25, 0.3) is 0 Å². The summed E-state index contributed by atoms with van der Waals surface area (Å²) in [5.41, 5.74) is -0.0698. The molecule has 0 N–H and O–H groups in total. The van der Waals surface area contributed by atoms with Gasteiger partial charge in [0.05, 0.1) is 11.2 Å². The summed E-state index contributed by atoms with van der Waals surface area (Å²) < 4.78 is 26.4. The van der Waals surface area contributed by atoms with Crippen LogP contribution in [0.5, 0.6) is 0 Å². The highest BCUT2D eigenvalue weighted by Gasteiger charge is 2.53. The molecule has 0 aliphatic carbocycles. The predicted molar refractivity (Wildman–Crippen MR) is 85.9 cm³/mol. The Bertz CT molecular complexity index is 536. The van der Waals surface area contributed by atoms with E-state index in [1.807, 2.05) is 46.8 Å². The molecule has 114 valence electrons. The summed E-state index contributed by atoms with van der Waals surface area (Å²) >= 11 is 5.88. The fourth-order valence-electron chi connectivity index (χ4n) is 2.25. The van der Waals surface area contributed by atoms with Crippen molar-refractivity contribution in [1.29, 1.82) is 0 Å². The minimum atomic E-state index is -0.958. The van der Waals surface area contributed by atoms with Gasteiger partial charge in [-0.3, -0.25) is 0 Å². The van der Waals surface area contributed by atoms with Gasteiger partial charge in [-0.2, -0.15) is 0 Å². The van der Waals surface area contributed by atoms with Crippen LogP contribution in [0.1, 0.15) is 46.6 Å². The molecule has 0 aromatic heterocycles. The van der Waals surface area contributed by atoms with Crippen LogP contribution in [0.4, 0.5) is 4.39 Å². The summed E-state index contributed by atoms with van der Waals surface area (Å²) in [6.45, 7) is 9.56. The Hall–Kier alpha value is -0.835. The minimum absolute atomic E-state index is 0.363. The van der Waals surface area contributed by atoms with Gasteiger partial charge in [0.15, 0.2) is 0 Å². The van der Waals surface area contributed by atoms with E-state index in [1.54, 1.807) is 12.1 Å². The van der Waals surface area contributed by atoms with E-state index in [4.69, 9.17) is 20.9 Å². The smallest absolute Gasteiger partial charge is 0.398 e. The molecule has 0 amide bonds. The number of allylic oxidation sites excluding steroid dienone is 1. The molecule has 0 saturated carbocycles. The van der Waals surface area contributed by atoms with E-state index in [9.17, 15) is 4.39 Å². The van der Waals surface area contributed by atoms with Crippen LogP contribution in [0.2, 0.25) is 5.02 Å². The first-order valence-electron chi connectivity index (χ1n) is 7.18. The van der Waals surface area contributed by atoms with E-state index < -0.39 is 18.3 Å². The Kier molecular flexibility index (Phi) is 4.53. The van der Waals surface area contributed by atoms with Crippen molar-refractivity contribution in [3.05, 3.63) is 40.6 Å².